The summed E-state index contributed by atoms with van der Waals surface area (Å²) in [6.45, 7) is 2.13. The number of hydrogen-bond donors (Lipinski definition) is 0. The van der Waals surface area contributed by atoms with Crippen molar-refractivity contribution in [2.75, 3.05) is 0 Å². The van der Waals surface area contributed by atoms with Crippen molar-refractivity contribution in [3.05, 3.63) is 33.3 Å². The molecule has 0 N–H and O–H groups in total. The van der Waals surface area contributed by atoms with Crippen molar-refractivity contribution >= 4 is 15.9 Å². The minimum atomic E-state index is -2.93. The van der Waals surface area contributed by atoms with Crippen molar-refractivity contribution in [3.8, 4) is 0 Å². The Morgan fingerprint density at radius 2 is 1.81 bits per heavy atom. The van der Waals surface area contributed by atoms with Crippen LogP contribution in [-0.4, -0.2) is 0 Å². The van der Waals surface area contributed by atoms with E-state index in [1.807, 2.05) is 0 Å². The molecule has 1 saturated carbocycles. The molecule has 0 amide bonds. The Hall–Kier alpha value is -0.580. The van der Waals surface area contributed by atoms with Gasteiger partial charge in [0.15, 0.2) is 0 Å². The van der Waals surface area contributed by atoms with E-state index in [9.17, 15) is 17.6 Å². The quantitative estimate of drug-likeness (QED) is 0.408. The highest BCUT2D eigenvalue weighted by atomic mass is 79.9. The molecule has 1 aromatic carbocycles. The van der Waals surface area contributed by atoms with Crippen LogP contribution in [0.15, 0.2) is 10.5 Å². The van der Waals surface area contributed by atoms with Gasteiger partial charge >= 0.3 is 0 Å². The lowest BCUT2D eigenvalue weighted by molar-refractivity contribution is 0.143. The number of benzene rings is 1. The van der Waals surface area contributed by atoms with E-state index in [1.54, 1.807) is 0 Å². The van der Waals surface area contributed by atoms with Crippen LogP contribution >= 0.6 is 15.9 Å². The Morgan fingerprint density at radius 3 is 2.33 bits per heavy atom. The third-order valence-corrected chi connectivity index (χ3v) is 5.16. The molecule has 1 aliphatic carbocycles. The predicted octanol–water partition coefficient (Wildman–Crippen LogP) is 6.74. The summed E-state index contributed by atoms with van der Waals surface area (Å²) in [5.41, 5.74) is -0.486. The summed E-state index contributed by atoms with van der Waals surface area (Å²) < 4.78 is 53.5. The van der Waals surface area contributed by atoms with Crippen LogP contribution in [0.2, 0.25) is 0 Å². The zero-order chi connectivity index (χ0) is 15.6. The molecule has 0 aromatic heterocycles. The lowest BCUT2D eigenvalue weighted by atomic mass is 9.76. The van der Waals surface area contributed by atoms with Crippen molar-refractivity contribution in [1.82, 2.24) is 0 Å². The van der Waals surface area contributed by atoms with Gasteiger partial charge in [-0.15, -0.1) is 0 Å². The fraction of sp³-hybridized carbons (Fsp3) is 0.625. The van der Waals surface area contributed by atoms with E-state index < -0.39 is 28.1 Å². The molecule has 5 heteroatoms. The van der Waals surface area contributed by atoms with Crippen LogP contribution in [0.4, 0.5) is 17.6 Å². The van der Waals surface area contributed by atoms with Gasteiger partial charge in [-0.05, 0) is 65.1 Å². The van der Waals surface area contributed by atoms with Crippen LogP contribution < -0.4 is 0 Å². The molecule has 0 atom stereocenters. The van der Waals surface area contributed by atoms with Crippen LogP contribution in [0.25, 0.3) is 0 Å². The molecule has 21 heavy (non-hydrogen) atoms. The molecule has 0 spiro atoms. The van der Waals surface area contributed by atoms with Gasteiger partial charge in [-0.1, -0.05) is 19.8 Å². The second-order valence-electron chi connectivity index (χ2n) is 5.80. The lowest BCUT2D eigenvalue weighted by Gasteiger charge is -2.30. The van der Waals surface area contributed by atoms with Crippen molar-refractivity contribution in [1.29, 1.82) is 0 Å². The van der Waals surface area contributed by atoms with Crippen LogP contribution in [-0.2, 0) is 0 Å². The summed E-state index contributed by atoms with van der Waals surface area (Å²) in [5, 5.41) is 0. The first-order valence-corrected chi connectivity index (χ1v) is 8.20. The molecular formula is C16H19BrF4. The van der Waals surface area contributed by atoms with Gasteiger partial charge in [0.2, 0.25) is 0 Å². The predicted molar refractivity (Wildman–Crippen MR) is 78.6 cm³/mol. The number of hydrogen-bond acceptors (Lipinski definition) is 0. The highest BCUT2D eigenvalue weighted by Gasteiger charge is 2.30. The SMILES string of the molecule is CCC[C@H]1CC[C@H](c2cc(F)c(Br)c(F)c2C(F)F)CC1. The summed E-state index contributed by atoms with van der Waals surface area (Å²) in [4.78, 5) is 0. The smallest absolute Gasteiger partial charge is 0.206 e. The average molecular weight is 367 g/mol. The summed E-state index contributed by atoms with van der Waals surface area (Å²) >= 11 is 2.70. The van der Waals surface area contributed by atoms with E-state index in [0.717, 1.165) is 44.6 Å². The van der Waals surface area contributed by atoms with Gasteiger partial charge in [0, 0.05) is 0 Å². The van der Waals surface area contributed by atoms with E-state index in [0.29, 0.717) is 5.92 Å². The minimum Gasteiger partial charge on any atom is -0.206 e. The molecule has 1 fully saturated rings. The average Bonchev–Trinajstić information content (AvgIpc) is 2.45. The van der Waals surface area contributed by atoms with E-state index in [1.165, 1.54) is 0 Å². The normalized spacial score (nSPS) is 22.8. The summed E-state index contributed by atoms with van der Waals surface area (Å²) in [7, 11) is 0. The molecule has 0 aliphatic heterocycles. The Kier molecular flexibility index (Phi) is 5.69. The topological polar surface area (TPSA) is 0 Å². The molecule has 2 rings (SSSR count). The van der Waals surface area contributed by atoms with Gasteiger partial charge < -0.3 is 0 Å². The van der Waals surface area contributed by atoms with Gasteiger partial charge in [0.05, 0.1) is 10.0 Å². The van der Waals surface area contributed by atoms with Crippen molar-refractivity contribution in [2.45, 2.75) is 57.8 Å². The number of rotatable bonds is 4. The van der Waals surface area contributed by atoms with Gasteiger partial charge in [-0.2, -0.15) is 0 Å². The maximum absolute atomic E-state index is 14.0. The first-order valence-electron chi connectivity index (χ1n) is 7.41. The molecule has 1 aliphatic rings. The zero-order valence-electron chi connectivity index (χ0n) is 11.9. The largest absolute Gasteiger partial charge is 0.266 e. The maximum atomic E-state index is 14.0. The highest BCUT2D eigenvalue weighted by molar-refractivity contribution is 9.10. The van der Waals surface area contributed by atoms with E-state index in [2.05, 4.69) is 22.9 Å². The molecule has 1 aromatic rings. The summed E-state index contributed by atoms with van der Waals surface area (Å²) in [6.07, 6.45) is 2.67. The first-order chi connectivity index (χ1) is 9.95. The Labute approximate surface area is 131 Å². The standard InChI is InChI=1S/C16H19BrF4/c1-2-3-9-4-6-10(7-5-9)11-8-12(18)14(17)15(19)13(11)16(20)21/h8-10,16H,2-7H2,1H3/t9-,10-. The van der Waals surface area contributed by atoms with Crippen molar-refractivity contribution in [3.63, 3.8) is 0 Å². The van der Waals surface area contributed by atoms with Crippen LogP contribution in [0, 0.1) is 17.6 Å². The monoisotopic (exact) mass is 366 g/mol. The molecule has 118 valence electrons. The Morgan fingerprint density at radius 1 is 1.19 bits per heavy atom. The second-order valence-corrected chi connectivity index (χ2v) is 6.59. The molecular weight excluding hydrogens is 348 g/mol. The van der Waals surface area contributed by atoms with Gasteiger partial charge in [0.1, 0.15) is 11.6 Å². The zero-order valence-corrected chi connectivity index (χ0v) is 13.5. The highest BCUT2D eigenvalue weighted by Crippen LogP contribution is 2.43. The third kappa shape index (κ3) is 3.61. The van der Waals surface area contributed by atoms with Gasteiger partial charge in [-0.3, -0.25) is 0 Å². The summed E-state index contributed by atoms with van der Waals surface area (Å²) in [6, 6.07) is 1.08. The first kappa shape index (κ1) is 16.8. The third-order valence-electron chi connectivity index (χ3n) is 4.43. The molecule has 0 nitrogen and oxygen atoms in total. The van der Waals surface area contributed by atoms with Gasteiger partial charge in [-0.25, -0.2) is 17.6 Å². The molecule has 0 bridgehead atoms. The fourth-order valence-electron chi connectivity index (χ4n) is 3.36. The number of halogens is 5. The summed E-state index contributed by atoms with van der Waals surface area (Å²) in [5.74, 6) is -1.51. The van der Waals surface area contributed by atoms with Crippen LogP contribution in [0.1, 0.15) is 68.9 Å². The Bertz CT molecular complexity index is 494. The van der Waals surface area contributed by atoms with Crippen LogP contribution in [0.3, 0.4) is 0 Å². The minimum absolute atomic E-state index is 0.151. The van der Waals surface area contributed by atoms with E-state index in [4.69, 9.17) is 0 Å². The number of alkyl halides is 2. The molecule has 0 saturated heterocycles. The molecule has 0 unspecified atom stereocenters. The van der Waals surface area contributed by atoms with Crippen molar-refractivity contribution < 1.29 is 17.6 Å². The van der Waals surface area contributed by atoms with E-state index in [-0.39, 0.29) is 11.5 Å². The lowest BCUT2D eigenvalue weighted by Crippen LogP contribution is -2.16. The molecule has 0 heterocycles. The van der Waals surface area contributed by atoms with Crippen LogP contribution in [0.5, 0.6) is 0 Å². The Balaban J connectivity index is 2.28. The molecule has 0 radical (unpaired) electrons. The fourth-order valence-corrected chi connectivity index (χ4v) is 3.69. The second kappa shape index (κ2) is 7.12. The maximum Gasteiger partial charge on any atom is 0.266 e. The van der Waals surface area contributed by atoms with Crippen molar-refractivity contribution in [2.24, 2.45) is 5.92 Å². The van der Waals surface area contributed by atoms with Gasteiger partial charge in [0.25, 0.3) is 6.43 Å². The van der Waals surface area contributed by atoms with E-state index >= 15 is 0 Å².